The number of hydrogen-bond donors (Lipinski definition) is 1. The summed E-state index contributed by atoms with van der Waals surface area (Å²) in [7, 11) is 0. The zero-order valence-corrected chi connectivity index (χ0v) is 13.6. The zero-order valence-electron chi connectivity index (χ0n) is 12.9. The number of hydrogen-bond acceptors (Lipinski definition) is 4. The van der Waals surface area contributed by atoms with Crippen molar-refractivity contribution in [1.29, 1.82) is 0 Å². The normalized spacial score (nSPS) is 10.6. The lowest BCUT2D eigenvalue weighted by Gasteiger charge is -2.20. The number of carbonyl (C=O) groups is 2. The molecule has 23 heavy (non-hydrogen) atoms. The molecule has 0 atom stereocenters. The molecule has 1 amide bonds. The van der Waals surface area contributed by atoms with Crippen LogP contribution in [0.25, 0.3) is 11.3 Å². The van der Waals surface area contributed by atoms with E-state index in [0.29, 0.717) is 35.0 Å². The molecule has 1 aromatic heterocycles. The number of aliphatic carboxylic acids is 1. The van der Waals surface area contributed by atoms with Crippen LogP contribution in [0.2, 0.25) is 5.02 Å². The second-order valence-electron chi connectivity index (χ2n) is 5.06. The Morgan fingerprint density at radius 1 is 1.35 bits per heavy atom. The summed E-state index contributed by atoms with van der Waals surface area (Å²) in [5.41, 5.74) is 1.14. The van der Waals surface area contributed by atoms with E-state index in [9.17, 15) is 9.59 Å². The molecule has 1 N–H and O–H groups in total. The quantitative estimate of drug-likeness (QED) is 0.875. The summed E-state index contributed by atoms with van der Waals surface area (Å²) in [6.07, 6.45) is 0.644. The van der Waals surface area contributed by atoms with Crippen LogP contribution < -0.4 is 0 Å². The van der Waals surface area contributed by atoms with Crippen LogP contribution in [-0.2, 0) is 4.79 Å². The van der Waals surface area contributed by atoms with E-state index in [4.69, 9.17) is 21.2 Å². The summed E-state index contributed by atoms with van der Waals surface area (Å²) in [5, 5.41) is 13.4. The lowest BCUT2D eigenvalue weighted by atomic mass is 10.0. The minimum atomic E-state index is -1.07. The Morgan fingerprint density at radius 3 is 2.65 bits per heavy atom. The van der Waals surface area contributed by atoms with E-state index in [2.05, 4.69) is 5.16 Å². The van der Waals surface area contributed by atoms with Gasteiger partial charge in [0.15, 0.2) is 0 Å². The highest BCUT2D eigenvalue weighted by molar-refractivity contribution is 6.33. The third-order valence-corrected chi connectivity index (χ3v) is 3.64. The highest BCUT2D eigenvalue weighted by Gasteiger charge is 2.27. The minimum absolute atomic E-state index is 0.243. The molecular formula is C16H17ClN2O4. The van der Waals surface area contributed by atoms with Gasteiger partial charge in [-0.05, 0) is 19.4 Å². The first kappa shape index (κ1) is 17.0. The van der Waals surface area contributed by atoms with E-state index < -0.39 is 11.9 Å². The zero-order chi connectivity index (χ0) is 17.0. The van der Waals surface area contributed by atoms with Crippen molar-refractivity contribution in [3.63, 3.8) is 0 Å². The van der Waals surface area contributed by atoms with Gasteiger partial charge in [0.05, 0.1) is 5.02 Å². The Kier molecular flexibility index (Phi) is 5.39. The van der Waals surface area contributed by atoms with Gasteiger partial charge in [0, 0.05) is 12.1 Å². The molecule has 0 aliphatic rings. The predicted molar refractivity (Wildman–Crippen MR) is 85.5 cm³/mol. The van der Waals surface area contributed by atoms with Crippen molar-refractivity contribution in [3.8, 4) is 11.3 Å². The molecule has 0 fully saturated rings. The monoisotopic (exact) mass is 336 g/mol. The fourth-order valence-electron chi connectivity index (χ4n) is 2.30. The number of nitrogens with zero attached hydrogens (tertiary/aromatic N) is 2. The third kappa shape index (κ3) is 3.71. The van der Waals surface area contributed by atoms with Crippen LogP contribution in [0.5, 0.6) is 0 Å². The van der Waals surface area contributed by atoms with Gasteiger partial charge in [-0.2, -0.15) is 0 Å². The van der Waals surface area contributed by atoms with Crippen molar-refractivity contribution in [1.82, 2.24) is 10.1 Å². The molecule has 2 aromatic rings. The highest BCUT2D eigenvalue weighted by Crippen LogP contribution is 2.31. The first-order valence-electron chi connectivity index (χ1n) is 7.18. The van der Waals surface area contributed by atoms with Crippen LogP contribution in [-0.4, -0.2) is 40.1 Å². The fraction of sp³-hybridized carbons (Fsp3) is 0.312. The van der Waals surface area contributed by atoms with Gasteiger partial charge >= 0.3 is 5.97 Å². The van der Waals surface area contributed by atoms with Crippen molar-refractivity contribution in [2.24, 2.45) is 0 Å². The molecule has 0 aliphatic heterocycles. The molecule has 122 valence electrons. The average molecular weight is 337 g/mol. The van der Waals surface area contributed by atoms with Gasteiger partial charge in [-0.3, -0.25) is 9.59 Å². The molecule has 0 bridgehead atoms. The first-order chi connectivity index (χ1) is 11.0. The smallest absolute Gasteiger partial charge is 0.323 e. The highest BCUT2D eigenvalue weighted by atomic mass is 35.5. The Labute approximate surface area is 138 Å². The number of amides is 1. The maximum absolute atomic E-state index is 12.8. The number of benzene rings is 1. The number of carboxylic acids is 1. The summed E-state index contributed by atoms with van der Waals surface area (Å²) < 4.78 is 5.16. The van der Waals surface area contributed by atoms with E-state index in [1.165, 1.54) is 4.90 Å². The maximum Gasteiger partial charge on any atom is 0.323 e. The standard InChI is InChI=1S/C16H17ClN2O4/c1-3-8-19(9-13(20)21)16(22)14-10(2)23-18-15(14)11-6-4-5-7-12(11)17/h4-7H,3,8-9H2,1-2H3,(H,20,21). The molecule has 2 rings (SSSR count). The number of rotatable bonds is 6. The third-order valence-electron chi connectivity index (χ3n) is 3.31. The lowest BCUT2D eigenvalue weighted by Crippen LogP contribution is -2.36. The Morgan fingerprint density at radius 2 is 2.04 bits per heavy atom. The van der Waals surface area contributed by atoms with E-state index in [1.807, 2.05) is 6.92 Å². The molecule has 0 radical (unpaired) electrons. The van der Waals surface area contributed by atoms with Gasteiger partial charge in [-0.25, -0.2) is 0 Å². The van der Waals surface area contributed by atoms with Gasteiger partial charge in [0.25, 0.3) is 5.91 Å². The summed E-state index contributed by atoms with van der Waals surface area (Å²) in [6, 6.07) is 6.97. The number of halogens is 1. The molecule has 0 saturated heterocycles. The molecule has 0 saturated carbocycles. The van der Waals surface area contributed by atoms with E-state index in [-0.39, 0.29) is 12.1 Å². The van der Waals surface area contributed by atoms with E-state index >= 15 is 0 Å². The molecular weight excluding hydrogens is 320 g/mol. The molecule has 7 heteroatoms. The number of aromatic nitrogens is 1. The molecule has 0 spiro atoms. The van der Waals surface area contributed by atoms with Crippen LogP contribution >= 0.6 is 11.6 Å². The van der Waals surface area contributed by atoms with E-state index in [1.54, 1.807) is 31.2 Å². The Bertz CT molecular complexity index is 727. The van der Waals surface area contributed by atoms with Crippen molar-refractivity contribution >= 4 is 23.5 Å². The van der Waals surface area contributed by atoms with Crippen molar-refractivity contribution in [2.45, 2.75) is 20.3 Å². The van der Waals surface area contributed by atoms with Crippen molar-refractivity contribution < 1.29 is 19.2 Å². The van der Waals surface area contributed by atoms with Crippen LogP contribution in [0.1, 0.15) is 29.5 Å². The van der Waals surface area contributed by atoms with Gasteiger partial charge < -0.3 is 14.5 Å². The van der Waals surface area contributed by atoms with Gasteiger partial charge in [-0.1, -0.05) is 41.9 Å². The topological polar surface area (TPSA) is 83.6 Å². The first-order valence-corrected chi connectivity index (χ1v) is 7.55. The van der Waals surface area contributed by atoms with Crippen LogP contribution in [0.4, 0.5) is 0 Å². The fourth-order valence-corrected chi connectivity index (χ4v) is 2.53. The summed E-state index contributed by atoms with van der Waals surface area (Å²) in [6.45, 7) is 3.44. The molecule has 1 aromatic carbocycles. The van der Waals surface area contributed by atoms with Crippen LogP contribution in [0, 0.1) is 6.92 Å². The maximum atomic E-state index is 12.8. The van der Waals surface area contributed by atoms with Crippen LogP contribution in [0.15, 0.2) is 28.8 Å². The average Bonchev–Trinajstić information content (AvgIpc) is 2.87. The van der Waals surface area contributed by atoms with Gasteiger partial charge in [-0.15, -0.1) is 0 Å². The number of aryl methyl sites for hydroxylation is 1. The van der Waals surface area contributed by atoms with Crippen LogP contribution in [0.3, 0.4) is 0 Å². The van der Waals surface area contributed by atoms with E-state index in [0.717, 1.165) is 0 Å². The molecule has 0 aliphatic carbocycles. The van der Waals surface area contributed by atoms with Crippen molar-refractivity contribution in [3.05, 3.63) is 40.6 Å². The number of carboxylic acid groups (broad SMARTS) is 1. The molecule has 6 nitrogen and oxygen atoms in total. The predicted octanol–water partition coefficient (Wildman–Crippen LogP) is 3.24. The minimum Gasteiger partial charge on any atom is -0.480 e. The van der Waals surface area contributed by atoms with Crippen molar-refractivity contribution in [2.75, 3.05) is 13.1 Å². The SMILES string of the molecule is CCCN(CC(=O)O)C(=O)c1c(-c2ccccc2Cl)noc1C. The molecule has 1 heterocycles. The largest absolute Gasteiger partial charge is 0.480 e. The summed E-state index contributed by atoms with van der Waals surface area (Å²) in [4.78, 5) is 25.0. The Hall–Kier alpha value is -2.34. The number of carbonyl (C=O) groups excluding carboxylic acids is 1. The summed E-state index contributed by atoms with van der Waals surface area (Å²) in [5.74, 6) is -1.17. The van der Waals surface area contributed by atoms with Gasteiger partial charge in [0.2, 0.25) is 0 Å². The lowest BCUT2D eigenvalue weighted by molar-refractivity contribution is -0.137. The summed E-state index contributed by atoms with van der Waals surface area (Å²) >= 11 is 6.17. The Balaban J connectivity index is 2.46. The molecule has 0 unspecified atom stereocenters. The second kappa shape index (κ2) is 7.28. The van der Waals surface area contributed by atoms with Gasteiger partial charge in [0.1, 0.15) is 23.6 Å². The second-order valence-corrected chi connectivity index (χ2v) is 5.47.